The molecule has 4 rings (SSSR count). The molecular weight excluding hydrogens is 374 g/mol. The summed E-state index contributed by atoms with van der Waals surface area (Å²) >= 11 is 0. The third-order valence-electron chi connectivity index (χ3n) is 4.87. The maximum Gasteiger partial charge on any atom is 0.328 e. The SMILES string of the molecule is COC(=O)[C@H]1Cc2ccccc2CN1C(=O)COc1ccc(-c2nnco2)cc1. The second-order valence-corrected chi connectivity index (χ2v) is 6.59. The number of benzene rings is 2. The number of fused-ring (bicyclic) bond motifs is 1. The third kappa shape index (κ3) is 3.96. The maximum absolute atomic E-state index is 12.8. The minimum absolute atomic E-state index is 0.185. The number of amides is 1. The quantitative estimate of drug-likeness (QED) is 0.614. The molecule has 1 atom stereocenters. The Kier molecular flexibility index (Phi) is 5.24. The van der Waals surface area contributed by atoms with Crippen molar-refractivity contribution in [3.05, 3.63) is 66.1 Å². The van der Waals surface area contributed by atoms with Gasteiger partial charge in [0.25, 0.3) is 5.91 Å². The number of aromatic nitrogens is 2. The number of hydrogen-bond donors (Lipinski definition) is 0. The normalized spacial score (nSPS) is 15.5. The molecular formula is C21H19N3O5. The fraction of sp³-hybridized carbons (Fsp3) is 0.238. The molecule has 0 aliphatic carbocycles. The van der Waals surface area contributed by atoms with Crippen LogP contribution in [0.1, 0.15) is 11.1 Å². The average Bonchev–Trinajstić information content (AvgIpc) is 3.31. The van der Waals surface area contributed by atoms with Gasteiger partial charge in [-0.3, -0.25) is 4.79 Å². The molecule has 0 spiro atoms. The fourth-order valence-electron chi connectivity index (χ4n) is 3.35. The Balaban J connectivity index is 1.44. The number of methoxy groups -OCH3 is 1. The van der Waals surface area contributed by atoms with Gasteiger partial charge < -0.3 is 18.8 Å². The largest absolute Gasteiger partial charge is 0.484 e. The Hall–Kier alpha value is -3.68. The lowest BCUT2D eigenvalue weighted by atomic mass is 9.94. The molecule has 1 aliphatic rings. The van der Waals surface area contributed by atoms with Crippen molar-refractivity contribution in [1.82, 2.24) is 15.1 Å². The summed E-state index contributed by atoms with van der Waals surface area (Å²) in [5.74, 6) is 0.210. The Morgan fingerprint density at radius 1 is 1.14 bits per heavy atom. The number of esters is 1. The van der Waals surface area contributed by atoms with E-state index in [9.17, 15) is 9.59 Å². The summed E-state index contributed by atoms with van der Waals surface area (Å²) in [5.41, 5.74) is 2.81. The average molecular weight is 393 g/mol. The van der Waals surface area contributed by atoms with Crippen LogP contribution in [-0.2, 0) is 27.3 Å². The Morgan fingerprint density at radius 2 is 1.90 bits per heavy atom. The molecule has 0 bridgehead atoms. The van der Waals surface area contributed by atoms with Crippen LogP contribution in [0.2, 0.25) is 0 Å². The number of carbonyl (C=O) groups is 2. The van der Waals surface area contributed by atoms with Crippen molar-refractivity contribution in [1.29, 1.82) is 0 Å². The monoisotopic (exact) mass is 393 g/mol. The van der Waals surface area contributed by atoms with Crippen LogP contribution in [0, 0.1) is 0 Å². The number of carbonyl (C=O) groups excluding carboxylic acids is 2. The molecule has 0 fully saturated rings. The van der Waals surface area contributed by atoms with Crippen molar-refractivity contribution >= 4 is 11.9 Å². The van der Waals surface area contributed by atoms with E-state index in [0.717, 1.165) is 16.7 Å². The molecule has 0 N–H and O–H groups in total. The molecule has 3 aromatic rings. The predicted octanol–water partition coefficient (Wildman–Crippen LogP) is 2.24. The van der Waals surface area contributed by atoms with Gasteiger partial charge in [-0.15, -0.1) is 10.2 Å². The van der Waals surface area contributed by atoms with Crippen molar-refractivity contribution in [2.24, 2.45) is 0 Å². The lowest BCUT2D eigenvalue weighted by molar-refractivity contribution is -0.154. The Labute approximate surface area is 167 Å². The predicted molar refractivity (Wildman–Crippen MR) is 102 cm³/mol. The first kappa shape index (κ1) is 18.7. The van der Waals surface area contributed by atoms with Gasteiger partial charge in [-0.1, -0.05) is 24.3 Å². The maximum atomic E-state index is 12.8. The molecule has 2 heterocycles. The first-order valence-electron chi connectivity index (χ1n) is 9.09. The van der Waals surface area contributed by atoms with Crippen LogP contribution in [0.25, 0.3) is 11.5 Å². The summed E-state index contributed by atoms with van der Waals surface area (Å²) in [6.45, 7) is 0.157. The molecule has 1 aliphatic heterocycles. The molecule has 1 aromatic heterocycles. The van der Waals surface area contributed by atoms with E-state index in [2.05, 4.69) is 10.2 Å². The molecule has 8 heteroatoms. The first-order chi connectivity index (χ1) is 14.2. The minimum atomic E-state index is -0.661. The zero-order valence-electron chi connectivity index (χ0n) is 15.8. The molecule has 0 unspecified atom stereocenters. The van der Waals surface area contributed by atoms with Crippen molar-refractivity contribution < 1.29 is 23.5 Å². The fourth-order valence-corrected chi connectivity index (χ4v) is 3.35. The molecule has 2 aromatic carbocycles. The van der Waals surface area contributed by atoms with Gasteiger partial charge in [0, 0.05) is 18.5 Å². The molecule has 0 saturated heterocycles. The summed E-state index contributed by atoms with van der Waals surface area (Å²) in [6.07, 6.45) is 1.68. The summed E-state index contributed by atoms with van der Waals surface area (Å²) < 4.78 is 15.7. The van der Waals surface area contributed by atoms with Gasteiger partial charge in [0.2, 0.25) is 12.3 Å². The summed E-state index contributed by atoms with van der Waals surface area (Å²) in [4.78, 5) is 26.6. The number of hydrogen-bond acceptors (Lipinski definition) is 7. The van der Waals surface area contributed by atoms with Gasteiger partial charge >= 0.3 is 5.97 Å². The van der Waals surface area contributed by atoms with E-state index in [1.807, 2.05) is 24.3 Å². The van der Waals surface area contributed by atoms with Crippen LogP contribution in [0.3, 0.4) is 0 Å². The van der Waals surface area contributed by atoms with Gasteiger partial charge in [0.15, 0.2) is 6.61 Å². The van der Waals surface area contributed by atoms with E-state index < -0.39 is 12.0 Å². The van der Waals surface area contributed by atoms with Crippen LogP contribution in [0.5, 0.6) is 5.75 Å². The highest BCUT2D eigenvalue weighted by atomic mass is 16.5. The number of nitrogens with zero attached hydrogens (tertiary/aromatic N) is 3. The minimum Gasteiger partial charge on any atom is -0.484 e. The molecule has 0 radical (unpaired) electrons. The molecule has 8 nitrogen and oxygen atoms in total. The lowest BCUT2D eigenvalue weighted by Crippen LogP contribution is -2.50. The standard InChI is InChI=1S/C21H19N3O5/c1-27-21(26)18-10-15-4-2-3-5-16(15)11-24(18)19(25)12-28-17-8-6-14(7-9-17)20-23-22-13-29-20/h2-9,13,18H,10-12H2,1H3/t18-/m1/s1. The van der Waals surface area contributed by atoms with E-state index in [1.165, 1.54) is 18.4 Å². The summed E-state index contributed by atoms with van der Waals surface area (Å²) in [7, 11) is 1.33. The smallest absolute Gasteiger partial charge is 0.328 e. The number of ether oxygens (including phenoxy) is 2. The first-order valence-corrected chi connectivity index (χ1v) is 9.09. The molecule has 29 heavy (non-hydrogen) atoms. The number of rotatable bonds is 5. The lowest BCUT2D eigenvalue weighted by Gasteiger charge is -2.35. The molecule has 1 amide bonds. The van der Waals surface area contributed by atoms with Gasteiger partial charge in [-0.05, 0) is 35.4 Å². The highest BCUT2D eigenvalue weighted by molar-refractivity contribution is 5.86. The van der Waals surface area contributed by atoms with E-state index in [1.54, 1.807) is 24.3 Å². The summed E-state index contributed by atoms with van der Waals surface area (Å²) in [5, 5.41) is 7.48. The topological polar surface area (TPSA) is 94.8 Å². The zero-order valence-corrected chi connectivity index (χ0v) is 15.8. The van der Waals surface area contributed by atoms with E-state index in [4.69, 9.17) is 13.9 Å². The van der Waals surface area contributed by atoms with Crippen LogP contribution < -0.4 is 4.74 Å². The van der Waals surface area contributed by atoms with E-state index in [0.29, 0.717) is 24.6 Å². The van der Waals surface area contributed by atoms with E-state index in [-0.39, 0.29) is 12.5 Å². The van der Waals surface area contributed by atoms with Crippen LogP contribution in [0.15, 0.2) is 59.3 Å². The molecule has 0 saturated carbocycles. The zero-order chi connectivity index (χ0) is 20.2. The van der Waals surface area contributed by atoms with Gasteiger partial charge in [-0.2, -0.15) is 0 Å². The highest BCUT2D eigenvalue weighted by Gasteiger charge is 2.35. The van der Waals surface area contributed by atoms with Crippen molar-refractivity contribution in [3.8, 4) is 17.2 Å². The van der Waals surface area contributed by atoms with Crippen LogP contribution in [0.4, 0.5) is 0 Å². The molecule has 148 valence electrons. The van der Waals surface area contributed by atoms with Crippen LogP contribution >= 0.6 is 0 Å². The van der Waals surface area contributed by atoms with Crippen molar-refractivity contribution in [3.63, 3.8) is 0 Å². The van der Waals surface area contributed by atoms with Gasteiger partial charge in [0.1, 0.15) is 11.8 Å². The van der Waals surface area contributed by atoms with Crippen molar-refractivity contribution in [2.75, 3.05) is 13.7 Å². The van der Waals surface area contributed by atoms with Crippen molar-refractivity contribution in [2.45, 2.75) is 19.0 Å². The Morgan fingerprint density at radius 3 is 2.59 bits per heavy atom. The Bertz CT molecular complexity index is 1000. The van der Waals surface area contributed by atoms with Gasteiger partial charge in [-0.25, -0.2) is 4.79 Å². The summed E-state index contributed by atoms with van der Waals surface area (Å²) in [6, 6.07) is 14.1. The second kappa shape index (κ2) is 8.14. The second-order valence-electron chi connectivity index (χ2n) is 6.59. The third-order valence-corrected chi connectivity index (χ3v) is 4.87. The van der Waals surface area contributed by atoms with E-state index >= 15 is 0 Å². The van der Waals surface area contributed by atoms with Crippen LogP contribution in [-0.4, -0.2) is 46.7 Å². The van der Waals surface area contributed by atoms with Gasteiger partial charge in [0.05, 0.1) is 7.11 Å². The highest BCUT2D eigenvalue weighted by Crippen LogP contribution is 2.25.